The van der Waals surface area contributed by atoms with Crippen molar-refractivity contribution < 1.29 is 0 Å². The van der Waals surface area contributed by atoms with Gasteiger partial charge in [0.25, 0.3) is 0 Å². The van der Waals surface area contributed by atoms with Gasteiger partial charge < -0.3 is 4.90 Å². The van der Waals surface area contributed by atoms with Crippen molar-refractivity contribution in [3.63, 3.8) is 0 Å². The second-order valence-corrected chi connectivity index (χ2v) is 5.97. The van der Waals surface area contributed by atoms with Crippen molar-refractivity contribution in [2.75, 3.05) is 19.6 Å². The lowest BCUT2D eigenvalue weighted by molar-refractivity contribution is 0.101. The fraction of sp³-hybridized carbons (Fsp3) is 0.933. The van der Waals surface area contributed by atoms with Gasteiger partial charge in [0.15, 0.2) is 0 Å². The lowest BCUT2D eigenvalue weighted by Crippen LogP contribution is -2.53. The van der Waals surface area contributed by atoms with Crippen LogP contribution in [-0.2, 0) is 0 Å². The van der Waals surface area contributed by atoms with Gasteiger partial charge in [0.05, 0.1) is 6.07 Å². The van der Waals surface area contributed by atoms with Crippen LogP contribution in [-0.4, -0.2) is 36.1 Å². The molecule has 3 nitrogen and oxygen atoms in total. The molecule has 0 amide bonds. The summed E-state index contributed by atoms with van der Waals surface area (Å²) < 4.78 is 0. The summed E-state index contributed by atoms with van der Waals surface area (Å²) in [5, 5.41) is 13.1. The molecule has 0 bridgehead atoms. The van der Waals surface area contributed by atoms with Crippen molar-refractivity contribution in [2.24, 2.45) is 0 Å². The number of hydrogen-bond donors (Lipinski definition) is 1. The third-order valence-corrected chi connectivity index (χ3v) is 4.56. The number of nitrogens with zero attached hydrogens (tertiary/aromatic N) is 2. The van der Waals surface area contributed by atoms with Gasteiger partial charge in [-0.3, -0.25) is 5.32 Å². The van der Waals surface area contributed by atoms with Crippen LogP contribution in [0.2, 0.25) is 0 Å². The Kier molecular flexibility index (Phi) is 5.03. The molecule has 0 aromatic rings. The zero-order valence-corrected chi connectivity index (χ0v) is 11.7. The van der Waals surface area contributed by atoms with E-state index in [1.54, 1.807) is 0 Å². The summed E-state index contributed by atoms with van der Waals surface area (Å²) in [5.74, 6) is 0. The molecule has 1 N–H and O–H groups in total. The number of likely N-dealkylation sites (tertiary alicyclic amines) is 1. The maximum Gasteiger partial charge on any atom is 0.108 e. The van der Waals surface area contributed by atoms with Crippen LogP contribution in [0.3, 0.4) is 0 Å². The van der Waals surface area contributed by atoms with Crippen LogP contribution >= 0.6 is 0 Å². The van der Waals surface area contributed by atoms with Gasteiger partial charge in [0.1, 0.15) is 5.54 Å². The normalized spacial score (nSPS) is 34.1. The standard InChI is InChI=1S/C15H27N3/c1-2-9-17-15(13-16)8-6-7-14(12-15)18-10-4-3-5-11-18/h14,17H,2-12H2,1H3. The van der Waals surface area contributed by atoms with Crippen molar-refractivity contribution in [3.8, 4) is 6.07 Å². The van der Waals surface area contributed by atoms with Gasteiger partial charge in [0, 0.05) is 6.04 Å². The molecule has 1 aliphatic carbocycles. The summed E-state index contributed by atoms with van der Waals surface area (Å²) in [6, 6.07) is 3.23. The molecule has 102 valence electrons. The minimum atomic E-state index is -0.240. The van der Waals surface area contributed by atoms with Crippen LogP contribution in [0.5, 0.6) is 0 Å². The highest BCUT2D eigenvalue weighted by Crippen LogP contribution is 2.32. The van der Waals surface area contributed by atoms with E-state index in [4.69, 9.17) is 0 Å². The van der Waals surface area contributed by atoms with Crippen molar-refractivity contribution in [2.45, 2.75) is 69.9 Å². The van der Waals surface area contributed by atoms with E-state index in [0.717, 1.165) is 25.8 Å². The predicted octanol–water partition coefficient (Wildman–Crippen LogP) is 2.68. The first kappa shape index (κ1) is 13.8. The van der Waals surface area contributed by atoms with Crippen LogP contribution in [0.25, 0.3) is 0 Å². The maximum atomic E-state index is 9.55. The Bertz CT molecular complexity index is 291. The first-order valence-corrected chi connectivity index (χ1v) is 7.70. The molecule has 2 unspecified atom stereocenters. The molecule has 0 spiro atoms. The lowest BCUT2D eigenvalue weighted by Gasteiger charge is -2.43. The van der Waals surface area contributed by atoms with Crippen molar-refractivity contribution in [1.29, 1.82) is 5.26 Å². The van der Waals surface area contributed by atoms with Gasteiger partial charge in [-0.1, -0.05) is 13.3 Å². The second kappa shape index (κ2) is 6.54. The number of rotatable bonds is 4. The zero-order chi connectivity index (χ0) is 12.8. The second-order valence-electron chi connectivity index (χ2n) is 5.97. The largest absolute Gasteiger partial charge is 0.300 e. The van der Waals surface area contributed by atoms with Crippen LogP contribution in [0.15, 0.2) is 0 Å². The maximum absolute atomic E-state index is 9.55. The number of nitriles is 1. The minimum absolute atomic E-state index is 0.240. The van der Waals surface area contributed by atoms with Crippen molar-refractivity contribution in [3.05, 3.63) is 0 Å². The fourth-order valence-electron chi connectivity index (χ4n) is 3.51. The van der Waals surface area contributed by atoms with Gasteiger partial charge >= 0.3 is 0 Å². The van der Waals surface area contributed by atoms with Crippen LogP contribution in [0.4, 0.5) is 0 Å². The Morgan fingerprint density at radius 2 is 2.06 bits per heavy atom. The molecule has 1 saturated heterocycles. The number of hydrogen-bond acceptors (Lipinski definition) is 3. The lowest BCUT2D eigenvalue weighted by atomic mass is 9.79. The Labute approximate surface area is 112 Å². The minimum Gasteiger partial charge on any atom is -0.300 e. The third-order valence-electron chi connectivity index (χ3n) is 4.56. The molecule has 1 aliphatic heterocycles. The van der Waals surface area contributed by atoms with Crippen molar-refractivity contribution >= 4 is 0 Å². The summed E-state index contributed by atoms with van der Waals surface area (Å²) in [6.45, 7) is 5.64. The SMILES string of the molecule is CCCNC1(C#N)CCCC(N2CCCCC2)C1. The molecule has 0 aromatic heterocycles. The van der Waals surface area contributed by atoms with Gasteiger partial charge in [-0.2, -0.15) is 5.26 Å². The Morgan fingerprint density at radius 1 is 1.28 bits per heavy atom. The molecule has 2 fully saturated rings. The van der Waals surface area contributed by atoms with Gasteiger partial charge in [-0.15, -0.1) is 0 Å². The van der Waals surface area contributed by atoms with E-state index in [-0.39, 0.29) is 5.54 Å². The van der Waals surface area contributed by atoms with Crippen LogP contribution in [0.1, 0.15) is 58.3 Å². The smallest absolute Gasteiger partial charge is 0.108 e. The first-order valence-electron chi connectivity index (χ1n) is 7.70. The highest BCUT2D eigenvalue weighted by Gasteiger charge is 2.38. The zero-order valence-electron chi connectivity index (χ0n) is 11.7. The quantitative estimate of drug-likeness (QED) is 0.832. The summed E-state index contributed by atoms with van der Waals surface area (Å²) >= 11 is 0. The van der Waals surface area contributed by atoms with Crippen LogP contribution in [0, 0.1) is 11.3 Å². The molecule has 0 aromatic carbocycles. The van der Waals surface area contributed by atoms with E-state index in [9.17, 15) is 5.26 Å². The summed E-state index contributed by atoms with van der Waals surface area (Å²) in [7, 11) is 0. The monoisotopic (exact) mass is 249 g/mol. The number of piperidine rings is 1. The van der Waals surface area contributed by atoms with E-state index in [2.05, 4.69) is 23.2 Å². The average molecular weight is 249 g/mol. The highest BCUT2D eigenvalue weighted by atomic mass is 15.2. The molecule has 0 radical (unpaired) electrons. The van der Waals surface area contributed by atoms with E-state index < -0.39 is 0 Å². The van der Waals surface area contributed by atoms with Gasteiger partial charge in [0.2, 0.25) is 0 Å². The molecule has 18 heavy (non-hydrogen) atoms. The van der Waals surface area contributed by atoms with E-state index >= 15 is 0 Å². The first-order chi connectivity index (χ1) is 8.79. The molecular formula is C15H27N3. The van der Waals surface area contributed by atoms with Crippen molar-refractivity contribution in [1.82, 2.24) is 10.2 Å². The molecule has 1 heterocycles. The summed E-state index contributed by atoms with van der Waals surface area (Å²) in [5.41, 5.74) is -0.240. The Hall–Kier alpha value is -0.590. The van der Waals surface area contributed by atoms with Crippen LogP contribution < -0.4 is 5.32 Å². The van der Waals surface area contributed by atoms with Gasteiger partial charge in [-0.05, 0) is 64.6 Å². The highest BCUT2D eigenvalue weighted by molar-refractivity contribution is 5.11. The van der Waals surface area contributed by atoms with E-state index in [0.29, 0.717) is 6.04 Å². The summed E-state index contributed by atoms with van der Waals surface area (Å²) in [4.78, 5) is 2.64. The molecule has 1 saturated carbocycles. The molecule has 3 heteroatoms. The summed E-state index contributed by atoms with van der Waals surface area (Å²) in [6.07, 6.45) is 9.75. The predicted molar refractivity (Wildman–Crippen MR) is 74.3 cm³/mol. The Morgan fingerprint density at radius 3 is 2.72 bits per heavy atom. The third kappa shape index (κ3) is 3.24. The molecule has 2 atom stereocenters. The molecule has 2 aliphatic rings. The molecule has 2 rings (SSSR count). The topological polar surface area (TPSA) is 39.1 Å². The van der Waals surface area contributed by atoms with E-state index in [1.165, 1.54) is 45.2 Å². The average Bonchev–Trinajstić information content (AvgIpc) is 2.46. The Balaban J connectivity index is 1.95. The van der Waals surface area contributed by atoms with E-state index in [1.807, 2.05) is 0 Å². The fourth-order valence-corrected chi connectivity index (χ4v) is 3.51. The number of nitrogens with one attached hydrogen (secondary N) is 1. The molecular weight excluding hydrogens is 222 g/mol. The van der Waals surface area contributed by atoms with Gasteiger partial charge in [-0.25, -0.2) is 0 Å².